The van der Waals surface area contributed by atoms with Crippen LogP contribution in [0.2, 0.25) is 5.02 Å². The topological polar surface area (TPSA) is 95.0 Å². The molecule has 0 saturated carbocycles. The Kier molecular flexibility index (Phi) is 7.01. The van der Waals surface area contributed by atoms with Gasteiger partial charge in [0, 0.05) is 11.1 Å². The number of hydrazine groups is 1. The number of halogens is 1. The van der Waals surface area contributed by atoms with Crippen molar-refractivity contribution in [1.82, 2.24) is 16.3 Å². The second-order valence-electron chi connectivity index (χ2n) is 7.44. The van der Waals surface area contributed by atoms with Gasteiger partial charge in [0.05, 0.1) is 6.21 Å². The van der Waals surface area contributed by atoms with Crippen LogP contribution in [0, 0.1) is 0 Å². The van der Waals surface area contributed by atoms with E-state index in [1.807, 2.05) is 48.5 Å². The lowest BCUT2D eigenvalue weighted by atomic mass is 10.0. The summed E-state index contributed by atoms with van der Waals surface area (Å²) in [5.74, 6) is 0.677. The zero-order valence-electron chi connectivity index (χ0n) is 17.2. The summed E-state index contributed by atoms with van der Waals surface area (Å²) in [6.45, 7) is 0.463. The van der Waals surface area contributed by atoms with Gasteiger partial charge in [0.15, 0.2) is 0 Å². The summed E-state index contributed by atoms with van der Waals surface area (Å²) in [5, 5.41) is 14.1. The largest absolute Gasteiger partial charge is 0.508 e. The molecule has 2 atom stereocenters. The van der Waals surface area contributed by atoms with Gasteiger partial charge in [-0.25, -0.2) is 16.3 Å². The van der Waals surface area contributed by atoms with Gasteiger partial charge in [-0.15, -0.1) is 0 Å². The maximum Gasteiger partial charge on any atom is 0.258 e. The van der Waals surface area contributed by atoms with E-state index in [0.717, 1.165) is 16.9 Å². The Bertz CT molecular complexity index is 1090. The molecule has 1 aliphatic heterocycles. The van der Waals surface area contributed by atoms with Crippen molar-refractivity contribution in [2.45, 2.75) is 25.1 Å². The molecule has 3 aromatic carbocycles. The predicted molar refractivity (Wildman–Crippen MR) is 123 cm³/mol. The van der Waals surface area contributed by atoms with Crippen LogP contribution in [-0.2, 0) is 11.4 Å². The number of hydrogen-bond donors (Lipinski definition) is 4. The van der Waals surface area contributed by atoms with E-state index in [9.17, 15) is 9.90 Å². The zero-order valence-corrected chi connectivity index (χ0v) is 17.9. The molecular formula is C24H23ClN4O3. The van der Waals surface area contributed by atoms with Crippen LogP contribution < -0.4 is 21.0 Å². The molecule has 1 heterocycles. The quantitative estimate of drug-likeness (QED) is 0.325. The number of carbonyl (C=O) groups is 1. The number of benzene rings is 3. The van der Waals surface area contributed by atoms with E-state index in [0.29, 0.717) is 23.6 Å². The molecule has 164 valence electrons. The first-order valence-electron chi connectivity index (χ1n) is 10.2. The summed E-state index contributed by atoms with van der Waals surface area (Å²) in [4.78, 5) is 12.4. The molecule has 3 aromatic rings. The summed E-state index contributed by atoms with van der Waals surface area (Å²) >= 11 is 5.90. The maximum absolute atomic E-state index is 12.4. The van der Waals surface area contributed by atoms with Crippen molar-refractivity contribution in [2.75, 3.05) is 0 Å². The third-order valence-electron chi connectivity index (χ3n) is 5.08. The number of nitrogens with one attached hydrogen (secondary N) is 3. The highest BCUT2D eigenvalue weighted by Crippen LogP contribution is 2.25. The van der Waals surface area contributed by atoms with E-state index >= 15 is 0 Å². The number of aromatic hydroxyl groups is 1. The summed E-state index contributed by atoms with van der Waals surface area (Å²) < 4.78 is 5.82. The summed E-state index contributed by atoms with van der Waals surface area (Å²) in [6.07, 6.45) is 2.07. The van der Waals surface area contributed by atoms with E-state index in [1.54, 1.807) is 24.3 Å². The number of carbonyl (C=O) groups excluding carboxylic acids is 1. The highest BCUT2D eigenvalue weighted by Gasteiger charge is 2.30. The SMILES string of the molecule is O=C(N/N=C\c1cccc(O)c1)C1CC(c2ccc(OCc3ccc(Cl)cc3)cc2)NN1. The highest BCUT2D eigenvalue weighted by molar-refractivity contribution is 6.30. The Morgan fingerprint density at radius 1 is 1.12 bits per heavy atom. The molecule has 1 saturated heterocycles. The number of hydrogen-bond acceptors (Lipinski definition) is 6. The number of rotatable bonds is 7. The molecule has 0 radical (unpaired) electrons. The smallest absolute Gasteiger partial charge is 0.258 e. The maximum atomic E-state index is 12.4. The third kappa shape index (κ3) is 5.85. The van der Waals surface area contributed by atoms with Crippen LogP contribution in [-0.4, -0.2) is 23.3 Å². The lowest BCUT2D eigenvalue weighted by Gasteiger charge is -2.11. The minimum atomic E-state index is -0.415. The molecule has 0 bridgehead atoms. The van der Waals surface area contributed by atoms with Gasteiger partial charge in [0.25, 0.3) is 5.91 Å². The third-order valence-corrected chi connectivity index (χ3v) is 5.33. The van der Waals surface area contributed by atoms with Crippen molar-refractivity contribution in [1.29, 1.82) is 0 Å². The number of nitrogens with zero attached hydrogens (tertiary/aromatic N) is 1. The monoisotopic (exact) mass is 450 g/mol. The van der Waals surface area contributed by atoms with Gasteiger partial charge < -0.3 is 9.84 Å². The molecule has 0 aromatic heterocycles. The number of hydrazone groups is 1. The van der Waals surface area contributed by atoms with Crippen LogP contribution in [0.25, 0.3) is 0 Å². The minimum absolute atomic E-state index is 0.00823. The molecule has 8 heteroatoms. The summed E-state index contributed by atoms with van der Waals surface area (Å²) in [7, 11) is 0. The van der Waals surface area contributed by atoms with E-state index in [2.05, 4.69) is 21.4 Å². The number of phenols is 1. The van der Waals surface area contributed by atoms with Gasteiger partial charge in [-0.3, -0.25) is 4.79 Å². The second-order valence-corrected chi connectivity index (χ2v) is 7.88. The molecule has 1 amide bonds. The Morgan fingerprint density at radius 2 is 1.91 bits per heavy atom. The van der Waals surface area contributed by atoms with Crippen molar-refractivity contribution >= 4 is 23.7 Å². The van der Waals surface area contributed by atoms with E-state index in [-0.39, 0.29) is 17.7 Å². The van der Waals surface area contributed by atoms with Gasteiger partial charge in [-0.2, -0.15) is 5.10 Å². The Balaban J connectivity index is 1.26. The van der Waals surface area contributed by atoms with Gasteiger partial charge in [-0.05, 0) is 59.5 Å². The highest BCUT2D eigenvalue weighted by atomic mass is 35.5. The van der Waals surface area contributed by atoms with Crippen LogP contribution >= 0.6 is 11.6 Å². The second kappa shape index (κ2) is 10.3. The summed E-state index contributed by atoms with van der Waals surface area (Å²) in [5.41, 5.74) is 11.5. The van der Waals surface area contributed by atoms with Crippen molar-refractivity contribution in [3.63, 3.8) is 0 Å². The fraction of sp³-hybridized carbons (Fsp3) is 0.167. The fourth-order valence-electron chi connectivity index (χ4n) is 3.34. The first-order chi connectivity index (χ1) is 15.6. The van der Waals surface area contributed by atoms with Crippen molar-refractivity contribution < 1.29 is 14.6 Å². The molecule has 7 nitrogen and oxygen atoms in total. The van der Waals surface area contributed by atoms with Gasteiger partial charge in [0.1, 0.15) is 24.1 Å². The Morgan fingerprint density at radius 3 is 2.66 bits per heavy atom. The molecule has 1 aliphatic rings. The van der Waals surface area contributed by atoms with Crippen molar-refractivity contribution in [3.8, 4) is 11.5 Å². The molecule has 32 heavy (non-hydrogen) atoms. The average Bonchev–Trinajstić information content (AvgIpc) is 3.30. The van der Waals surface area contributed by atoms with Gasteiger partial charge >= 0.3 is 0 Å². The van der Waals surface area contributed by atoms with Crippen LogP contribution in [0.1, 0.15) is 29.2 Å². The molecule has 1 fully saturated rings. The van der Waals surface area contributed by atoms with Crippen LogP contribution in [0.15, 0.2) is 77.9 Å². The Labute approximate surface area is 191 Å². The lowest BCUT2D eigenvalue weighted by molar-refractivity contribution is -0.122. The minimum Gasteiger partial charge on any atom is -0.508 e. The molecular weight excluding hydrogens is 428 g/mol. The standard InChI is InChI=1S/C24H23ClN4O3/c25-19-8-4-16(5-9-19)15-32-21-10-6-18(7-11-21)22-13-23(28-27-22)24(31)29-26-14-17-2-1-3-20(30)12-17/h1-12,14,22-23,27-28,30H,13,15H2,(H,29,31)/b26-14-. The fourth-order valence-corrected chi connectivity index (χ4v) is 3.47. The molecule has 4 rings (SSSR count). The number of amides is 1. The van der Waals surface area contributed by atoms with E-state index < -0.39 is 6.04 Å². The first kappa shape index (κ1) is 21.8. The molecule has 2 unspecified atom stereocenters. The lowest BCUT2D eigenvalue weighted by Crippen LogP contribution is -2.41. The van der Waals surface area contributed by atoms with Gasteiger partial charge in [0.2, 0.25) is 0 Å². The summed E-state index contributed by atoms with van der Waals surface area (Å²) in [6, 6.07) is 21.5. The van der Waals surface area contributed by atoms with Gasteiger partial charge in [-0.1, -0.05) is 48.0 Å². The first-order valence-corrected chi connectivity index (χ1v) is 10.5. The molecule has 0 spiro atoms. The normalized spacial score (nSPS) is 18.0. The number of phenolic OH excluding ortho intramolecular Hbond substituents is 1. The van der Waals surface area contributed by atoms with Crippen LogP contribution in [0.3, 0.4) is 0 Å². The molecule has 4 N–H and O–H groups in total. The molecule has 0 aliphatic carbocycles. The Hall–Kier alpha value is -3.39. The average molecular weight is 451 g/mol. The van der Waals surface area contributed by atoms with Crippen molar-refractivity contribution in [3.05, 3.63) is 94.5 Å². The van der Waals surface area contributed by atoms with E-state index in [4.69, 9.17) is 16.3 Å². The van der Waals surface area contributed by atoms with E-state index in [1.165, 1.54) is 6.21 Å². The zero-order chi connectivity index (χ0) is 22.3. The predicted octanol–water partition coefficient (Wildman–Crippen LogP) is 3.68. The van der Waals surface area contributed by atoms with Crippen LogP contribution in [0.4, 0.5) is 0 Å². The number of ether oxygens (including phenoxy) is 1. The van der Waals surface area contributed by atoms with Crippen LogP contribution in [0.5, 0.6) is 11.5 Å². The van der Waals surface area contributed by atoms with Crippen molar-refractivity contribution in [2.24, 2.45) is 5.10 Å².